The Balaban J connectivity index is 2.06. The van der Waals surface area contributed by atoms with E-state index >= 15 is 0 Å². The van der Waals surface area contributed by atoms with Gasteiger partial charge in [0.1, 0.15) is 0 Å². The molecule has 3 aromatic rings. The zero-order valence-electron chi connectivity index (χ0n) is 13.6. The number of carbonyl (C=O) groups excluding carboxylic acids is 1. The molecule has 0 unspecified atom stereocenters. The second kappa shape index (κ2) is 6.20. The van der Waals surface area contributed by atoms with E-state index in [2.05, 4.69) is 29.1 Å². The number of rotatable bonds is 5. The number of aromatic nitrogens is 3. The van der Waals surface area contributed by atoms with Crippen molar-refractivity contribution >= 4 is 17.2 Å². The second-order valence-corrected chi connectivity index (χ2v) is 6.02. The number of anilines is 1. The molecule has 0 aliphatic carbocycles. The Morgan fingerprint density at radius 1 is 1.30 bits per heavy atom. The average molecular weight is 308 g/mol. The molecule has 0 bridgehead atoms. The molecule has 118 valence electrons. The Morgan fingerprint density at radius 2 is 2.13 bits per heavy atom. The number of benzene rings is 1. The number of fused-ring (bicyclic) bond motifs is 1. The van der Waals surface area contributed by atoms with E-state index in [1.165, 1.54) is 0 Å². The summed E-state index contributed by atoms with van der Waals surface area (Å²) in [4.78, 5) is 20.5. The van der Waals surface area contributed by atoms with Gasteiger partial charge >= 0.3 is 0 Å². The molecule has 5 heteroatoms. The van der Waals surface area contributed by atoms with Crippen molar-refractivity contribution in [2.24, 2.45) is 5.92 Å². The monoisotopic (exact) mass is 308 g/mol. The third kappa shape index (κ3) is 3.08. The van der Waals surface area contributed by atoms with Crippen LogP contribution in [0.1, 0.15) is 31.1 Å². The molecule has 0 radical (unpaired) electrons. The lowest BCUT2D eigenvalue weighted by Gasteiger charge is -2.12. The summed E-state index contributed by atoms with van der Waals surface area (Å²) in [6, 6.07) is 7.58. The minimum Gasteiger partial charge on any atom is -0.367 e. The van der Waals surface area contributed by atoms with Crippen molar-refractivity contribution in [2.45, 2.75) is 20.8 Å². The summed E-state index contributed by atoms with van der Waals surface area (Å²) in [5.74, 6) is 1.35. The van der Waals surface area contributed by atoms with Crippen LogP contribution in [0.25, 0.3) is 16.9 Å². The van der Waals surface area contributed by atoms with Gasteiger partial charge in [-0.1, -0.05) is 32.0 Å². The maximum atomic E-state index is 11.6. The summed E-state index contributed by atoms with van der Waals surface area (Å²) in [6.07, 6.45) is 5.49. The lowest BCUT2D eigenvalue weighted by atomic mass is 10.1. The molecule has 0 spiro atoms. The zero-order chi connectivity index (χ0) is 16.4. The smallest absolute Gasteiger partial charge is 0.180 e. The Kier molecular flexibility index (Phi) is 4.10. The van der Waals surface area contributed by atoms with Crippen molar-refractivity contribution in [1.29, 1.82) is 0 Å². The molecular formula is C18H20N4O. The lowest BCUT2D eigenvalue weighted by molar-refractivity contribution is 0.101. The van der Waals surface area contributed by atoms with Gasteiger partial charge in [0.25, 0.3) is 0 Å². The van der Waals surface area contributed by atoms with Gasteiger partial charge in [-0.05, 0) is 18.9 Å². The number of Topliss-reactive ketones (excluding diaryl/α,β-unsaturated/α-hetero) is 1. The third-order valence-electron chi connectivity index (χ3n) is 3.67. The molecule has 5 nitrogen and oxygen atoms in total. The highest BCUT2D eigenvalue weighted by atomic mass is 16.1. The first-order chi connectivity index (χ1) is 11.1. The van der Waals surface area contributed by atoms with Gasteiger partial charge in [-0.15, -0.1) is 0 Å². The predicted octanol–water partition coefficient (Wildman–Crippen LogP) is 3.67. The van der Waals surface area contributed by atoms with Gasteiger partial charge in [0.05, 0.1) is 11.9 Å². The molecule has 0 aliphatic heterocycles. The van der Waals surface area contributed by atoms with Crippen LogP contribution in [0.2, 0.25) is 0 Å². The van der Waals surface area contributed by atoms with Gasteiger partial charge in [0.2, 0.25) is 0 Å². The van der Waals surface area contributed by atoms with E-state index in [0.29, 0.717) is 11.5 Å². The van der Waals surface area contributed by atoms with Crippen LogP contribution >= 0.6 is 0 Å². The molecule has 0 atom stereocenters. The van der Waals surface area contributed by atoms with Crippen molar-refractivity contribution in [2.75, 3.05) is 11.9 Å². The second-order valence-electron chi connectivity index (χ2n) is 6.02. The summed E-state index contributed by atoms with van der Waals surface area (Å²) < 4.78 is 1.99. The average Bonchev–Trinajstić information content (AvgIpc) is 3.02. The Bertz CT molecular complexity index is 851. The number of ketones is 1. The van der Waals surface area contributed by atoms with Crippen LogP contribution in [0.15, 0.2) is 42.9 Å². The summed E-state index contributed by atoms with van der Waals surface area (Å²) in [7, 11) is 0. The van der Waals surface area contributed by atoms with Crippen LogP contribution in [0.4, 0.5) is 5.82 Å². The molecule has 2 heterocycles. The lowest BCUT2D eigenvalue weighted by Crippen LogP contribution is -2.11. The van der Waals surface area contributed by atoms with E-state index in [1.807, 2.05) is 41.1 Å². The van der Waals surface area contributed by atoms with Gasteiger partial charge in [-0.3, -0.25) is 9.20 Å². The van der Waals surface area contributed by atoms with Crippen LogP contribution < -0.4 is 5.32 Å². The maximum absolute atomic E-state index is 11.6. The SMILES string of the molecule is CC(=O)c1cccc(-c2cnc(NCC(C)C)c3nccn23)c1. The first-order valence-electron chi connectivity index (χ1n) is 7.73. The first kappa shape index (κ1) is 15.2. The normalized spacial score (nSPS) is 11.1. The molecule has 3 rings (SSSR count). The Morgan fingerprint density at radius 3 is 2.87 bits per heavy atom. The van der Waals surface area contributed by atoms with E-state index in [4.69, 9.17) is 0 Å². The van der Waals surface area contributed by atoms with Crippen LogP contribution in [-0.2, 0) is 0 Å². The molecule has 0 amide bonds. The minimum absolute atomic E-state index is 0.0527. The van der Waals surface area contributed by atoms with Gasteiger partial charge in [-0.25, -0.2) is 9.97 Å². The molecule has 2 aromatic heterocycles. The predicted molar refractivity (Wildman–Crippen MR) is 91.8 cm³/mol. The van der Waals surface area contributed by atoms with Gasteiger partial charge in [0.15, 0.2) is 17.2 Å². The zero-order valence-corrected chi connectivity index (χ0v) is 13.6. The minimum atomic E-state index is 0.0527. The molecular weight excluding hydrogens is 288 g/mol. The van der Waals surface area contributed by atoms with E-state index < -0.39 is 0 Å². The fraction of sp³-hybridized carbons (Fsp3) is 0.278. The summed E-state index contributed by atoms with van der Waals surface area (Å²) in [6.45, 7) is 6.71. The van der Waals surface area contributed by atoms with Crippen LogP contribution in [0.5, 0.6) is 0 Å². The van der Waals surface area contributed by atoms with Crippen molar-refractivity contribution in [1.82, 2.24) is 14.4 Å². The van der Waals surface area contributed by atoms with E-state index in [-0.39, 0.29) is 5.78 Å². The van der Waals surface area contributed by atoms with Crippen molar-refractivity contribution in [3.05, 3.63) is 48.4 Å². The first-order valence-corrected chi connectivity index (χ1v) is 7.73. The number of carbonyl (C=O) groups is 1. The van der Waals surface area contributed by atoms with Gasteiger partial charge < -0.3 is 5.32 Å². The molecule has 1 aromatic carbocycles. The molecule has 1 N–H and O–H groups in total. The molecule has 0 saturated carbocycles. The highest BCUT2D eigenvalue weighted by Gasteiger charge is 2.11. The summed E-state index contributed by atoms with van der Waals surface area (Å²) in [5, 5.41) is 3.33. The van der Waals surface area contributed by atoms with Crippen molar-refractivity contribution in [3.63, 3.8) is 0 Å². The van der Waals surface area contributed by atoms with Crippen LogP contribution in [-0.4, -0.2) is 26.7 Å². The molecule has 0 saturated heterocycles. The quantitative estimate of drug-likeness (QED) is 0.731. The molecule has 0 aliphatic rings. The number of hydrogen-bond donors (Lipinski definition) is 1. The summed E-state index contributed by atoms with van der Waals surface area (Å²) >= 11 is 0. The van der Waals surface area contributed by atoms with Crippen LogP contribution in [0.3, 0.4) is 0 Å². The summed E-state index contributed by atoms with van der Waals surface area (Å²) in [5.41, 5.74) is 3.34. The number of hydrogen-bond acceptors (Lipinski definition) is 4. The molecule has 0 fully saturated rings. The molecule has 23 heavy (non-hydrogen) atoms. The van der Waals surface area contributed by atoms with E-state index in [1.54, 1.807) is 13.1 Å². The van der Waals surface area contributed by atoms with Gasteiger partial charge in [-0.2, -0.15) is 0 Å². The van der Waals surface area contributed by atoms with Gasteiger partial charge in [0, 0.05) is 30.1 Å². The Hall–Kier alpha value is -2.69. The van der Waals surface area contributed by atoms with Crippen LogP contribution in [0, 0.1) is 5.92 Å². The number of nitrogens with one attached hydrogen (secondary N) is 1. The van der Waals surface area contributed by atoms with E-state index in [9.17, 15) is 4.79 Å². The Labute approximate surface area is 135 Å². The fourth-order valence-electron chi connectivity index (χ4n) is 2.46. The highest BCUT2D eigenvalue weighted by Crippen LogP contribution is 2.24. The van der Waals surface area contributed by atoms with E-state index in [0.717, 1.165) is 29.3 Å². The number of imidazole rings is 1. The highest BCUT2D eigenvalue weighted by molar-refractivity contribution is 5.95. The largest absolute Gasteiger partial charge is 0.367 e. The topological polar surface area (TPSA) is 59.3 Å². The fourth-order valence-corrected chi connectivity index (χ4v) is 2.46. The maximum Gasteiger partial charge on any atom is 0.180 e. The van der Waals surface area contributed by atoms with Crippen molar-refractivity contribution in [3.8, 4) is 11.3 Å². The number of nitrogens with zero attached hydrogens (tertiary/aromatic N) is 3. The standard InChI is InChI=1S/C18H20N4O/c1-12(2)10-20-17-18-19-7-8-22(18)16(11-21-17)15-6-4-5-14(9-15)13(3)23/h4-9,11-12H,10H2,1-3H3,(H,20,21). The van der Waals surface area contributed by atoms with Crippen molar-refractivity contribution < 1.29 is 4.79 Å². The third-order valence-corrected chi connectivity index (χ3v) is 3.67.